The van der Waals surface area contributed by atoms with E-state index in [0.717, 1.165) is 5.76 Å². The minimum Gasteiger partial charge on any atom is -0.463 e. The van der Waals surface area contributed by atoms with E-state index in [-0.39, 0.29) is 5.82 Å². The number of aryl methyl sites for hydroxylation is 3. The molecule has 0 bridgehead atoms. The first-order chi connectivity index (χ1) is 7.99. The minimum absolute atomic E-state index is 0.225. The van der Waals surface area contributed by atoms with Gasteiger partial charge >= 0.3 is 0 Å². The van der Waals surface area contributed by atoms with Crippen LogP contribution in [0.1, 0.15) is 34.3 Å². The fourth-order valence-electron chi connectivity index (χ4n) is 1.90. The van der Waals surface area contributed by atoms with Gasteiger partial charge in [0.25, 0.3) is 0 Å². The summed E-state index contributed by atoms with van der Waals surface area (Å²) in [6.07, 6.45) is -0.846. The molecule has 0 saturated carbocycles. The van der Waals surface area contributed by atoms with Crippen molar-refractivity contribution >= 4 is 0 Å². The van der Waals surface area contributed by atoms with Gasteiger partial charge < -0.3 is 9.52 Å². The van der Waals surface area contributed by atoms with Gasteiger partial charge in [0.05, 0.1) is 0 Å². The second-order valence-electron chi connectivity index (χ2n) is 4.32. The Hall–Kier alpha value is -1.61. The number of halogens is 1. The van der Waals surface area contributed by atoms with Crippen LogP contribution in [0.5, 0.6) is 0 Å². The topological polar surface area (TPSA) is 33.4 Å². The average molecular weight is 234 g/mol. The van der Waals surface area contributed by atoms with Gasteiger partial charge in [-0.25, -0.2) is 4.39 Å². The lowest BCUT2D eigenvalue weighted by atomic mass is 10.0. The Labute approximate surface area is 99.7 Å². The highest BCUT2D eigenvalue weighted by Gasteiger charge is 2.16. The zero-order valence-electron chi connectivity index (χ0n) is 10.1. The van der Waals surface area contributed by atoms with E-state index in [1.165, 1.54) is 0 Å². The molecule has 0 saturated heterocycles. The molecule has 2 aromatic rings. The van der Waals surface area contributed by atoms with Gasteiger partial charge in [-0.1, -0.05) is 12.1 Å². The molecule has 0 aliphatic carbocycles. The maximum Gasteiger partial charge on any atom is 0.137 e. The molecule has 1 aromatic heterocycles. The van der Waals surface area contributed by atoms with E-state index in [1.807, 2.05) is 6.92 Å². The molecular formula is C14H15FO2. The molecule has 0 amide bonds. The van der Waals surface area contributed by atoms with Crippen LogP contribution >= 0.6 is 0 Å². The van der Waals surface area contributed by atoms with Crippen LogP contribution < -0.4 is 0 Å². The molecule has 1 atom stereocenters. The quantitative estimate of drug-likeness (QED) is 0.863. The fourth-order valence-corrected chi connectivity index (χ4v) is 1.90. The molecule has 0 radical (unpaired) electrons. The zero-order chi connectivity index (χ0) is 12.6. The maximum absolute atomic E-state index is 13.5. The van der Waals surface area contributed by atoms with E-state index in [4.69, 9.17) is 4.42 Å². The second-order valence-corrected chi connectivity index (χ2v) is 4.32. The van der Waals surface area contributed by atoms with Gasteiger partial charge in [-0.3, -0.25) is 0 Å². The average Bonchev–Trinajstić information content (AvgIpc) is 2.71. The van der Waals surface area contributed by atoms with Gasteiger partial charge in [-0.05, 0) is 49.6 Å². The van der Waals surface area contributed by atoms with Gasteiger partial charge in [0.1, 0.15) is 23.4 Å². The Balaban J connectivity index is 2.41. The Bertz CT molecular complexity index is 520. The normalized spacial score (nSPS) is 12.8. The molecule has 0 aliphatic rings. The molecule has 3 heteroatoms. The van der Waals surface area contributed by atoms with Crippen molar-refractivity contribution in [2.24, 2.45) is 0 Å². The minimum atomic E-state index is -0.846. The van der Waals surface area contributed by atoms with Gasteiger partial charge in [0, 0.05) is 0 Å². The molecule has 0 spiro atoms. The van der Waals surface area contributed by atoms with Crippen LogP contribution in [0, 0.1) is 26.6 Å². The van der Waals surface area contributed by atoms with Crippen LogP contribution in [0.25, 0.3) is 0 Å². The second kappa shape index (κ2) is 4.34. The third kappa shape index (κ3) is 2.24. The summed E-state index contributed by atoms with van der Waals surface area (Å²) in [4.78, 5) is 0. The van der Waals surface area contributed by atoms with Gasteiger partial charge in [-0.15, -0.1) is 0 Å². The Morgan fingerprint density at radius 3 is 2.18 bits per heavy atom. The summed E-state index contributed by atoms with van der Waals surface area (Å²) in [7, 11) is 0. The van der Waals surface area contributed by atoms with E-state index in [1.54, 1.807) is 38.1 Å². The molecular weight excluding hydrogens is 219 g/mol. The van der Waals surface area contributed by atoms with Crippen LogP contribution in [-0.2, 0) is 0 Å². The summed E-state index contributed by atoms with van der Waals surface area (Å²) in [6, 6.07) is 6.81. The first-order valence-corrected chi connectivity index (χ1v) is 5.50. The van der Waals surface area contributed by atoms with Crippen molar-refractivity contribution in [1.82, 2.24) is 0 Å². The standard InChI is InChI=1S/C14H15FO2/c1-8-6-11(7-9(2)13(8)15)14(16)12-5-4-10(3)17-12/h4-7,14,16H,1-3H3. The lowest BCUT2D eigenvalue weighted by Crippen LogP contribution is -2.01. The first-order valence-electron chi connectivity index (χ1n) is 5.50. The molecule has 0 fully saturated rings. The molecule has 90 valence electrons. The van der Waals surface area contributed by atoms with E-state index >= 15 is 0 Å². The molecule has 1 unspecified atom stereocenters. The third-order valence-electron chi connectivity index (χ3n) is 2.81. The van der Waals surface area contributed by atoms with Crippen LogP contribution in [0.3, 0.4) is 0 Å². The highest BCUT2D eigenvalue weighted by Crippen LogP contribution is 2.26. The highest BCUT2D eigenvalue weighted by atomic mass is 19.1. The number of furan rings is 1. The lowest BCUT2D eigenvalue weighted by molar-refractivity contribution is 0.187. The van der Waals surface area contributed by atoms with E-state index in [9.17, 15) is 9.50 Å². The summed E-state index contributed by atoms with van der Waals surface area (Å²) >= 11 is 0. The Morgan fingerprint density at radius 1 is 1.12 bits per heavy atom. The molecule has 2 rings (SSSR count). The SMILES string of the molecule is Cc1ccc(C(O)c2cc(C)c(F)c(C)c2)o1. The predicted molar refractivity (Wildman–Crippen MR) is 63.4 cm³/mol. The first kappa shape index (κ1) is 11.9. The third-order valence-corrected chi connectivity index (χ3v) is 2.81. The number of aliphatic hydroxyl groups is 1. The Morgan fingerprint density at radius 2 is 1.71 bits per heavy atom. The summed E-state index contributed by atoms with van der Waals surface area (Å²) in [6.45, 7) is 5.19. The number of aliphatic hydroxyl groups excluding tert-OH is 1. The number of hydrogen-bond donors (Lipinski definition) is 1. The molecule has 0 aliphatic heterocycles. The Kier molecular flexibility index (Phi) is 3.03. The van der Waals surface area contributed by atoms with Crippen molar-refractivity contribution < 1.29 is 13.9 Å². The number of hydrogen-bond acceptors (Lipinski definition) is 2. The van der Waals surface area contributed by atoms with Crippen molar-refractivity contribution in [2.45, 2.75) is 26.9 Å². The lowest BCUT2D eigenvalue weighted by Gasteiger charge is -2.11. The number of benzene rings is 1. The van der Waals surface area contributed by atoms with Crippen molar-refractivity contribution in [3.63, 3.8) is 0 Å². The smallest absolute Gasteiger partial charge is 0.137 e. The molecule has 17 heavy (non-hydrogen) atoms. The summed E-state index contributed by atoms with van der Waals surface area (Å²) < 4.78 is 18.8. The van der Waals surface area contributed by atoms with Crippen LogP contribution in [0.2, 0.25) is 0 Å². The van der Waals surface area contributed by atoms with Crippen molar-refractivity contribution in [2.75, 3.05) is 0 Å². The molecule has 1 N–H and O–H groups in total. The fraction of sp³-hybridized carbons (Fsp3) is 0.286. The summed E-state index contributed by atoms with van der Waals surface area (Å²) in [5.41, 5.74) is 1.71. The van der Waals surface area contributed by atoms with Gasteiger partial charge in [0.15, 0.2) is 0 Å². The van der Waals surface area contributed by atoms with Gasteiger partial charge in [0.2, 0.25) is 0 Å². The van der Waals surface area contributed by atoms with Crippen molar-refractivity contribution in [3.8, 4) is 0 Å². The highest BCUT2D eigenvalue weighted by molar-refractivity contribution is 5.34. The van der Waals surface area contributed by atoms with Crippen molar-refractivity contribution in [1.29, 1.82) is 0 Å². The van der Waals surface area contributed by atoms with E-state index in [2.05, 4.69) is 0 Å². The monoisotopic (exact) mass is 234 g/mol. The molecule has 1 aromatic carbocycles. The van der Waals surface area contributed by atoms with Gasteiger partial charge in [-0.2, -0.15) is 0 Å². The van der Waals surface area contributed by atoms with E-state index < -0.39 is 6.10 Å². The maximum atomic E-state index is 13.5. The summed E-state index contributed by atoms with van der Waals surface area (Å²) in [5, 5.41) is 10.1. The predicted octanol–water partition coefficient (Wildman–Crippen LogP) is 3.43. The largest absolute Gasteiger partial charge is 0.463 e. The number of rotatable bonds is 2. The zero-order valence-corrected chi connectivity index (χ0v) is 10.1. The van der Waals surface area contributed by atoms with Crippen LogP contribution in [0.4, 0.5) is 4.39 Å². The van der Waals surface area contributed by atoms with Crippen LogP contribution in [0.15, 0.2) is 28.7 Å². The molecule has 2 nitrogen and oxygen atoms in total. The van der Waals surface area contributed by atoms with Crippen LogP contribution in [-0.4, -0.2) is 5.11 Å². The molecule has 1 heterocycles. The summed E-state index contributed by atoms with van der Waals surface area (Å²) in [5.74, 6) is 0.999. The van der Waals surface area contributed by atoms with Crippen molar-refractivity contribution in [3.05, 3.63) is 58.3 Å². The van der Waals surface area contributed by atoms with E-state index in [0.29, 0.717) is 22.5 Å².